The highest BCUT2D eigenvalue weighted by Crippen LogP contribution is 2.18. The number of hydrogen-bond donors (Lipinski definition) is 3. The van der Waals surface area contributed by atoms with E-state index >= 15 is 0 Å². The number of nitrogens with two attached hydrogens (primary N) is 1. The molecule has 1 amide bonds. The Morgan fingerprint density at radius 2 is 1.91 bits per heavy atom. The number of nitrogens with one attached hydrogen (secondary N) is 2. The average molecular weight is 491 g/mol. The third kappa shape index (κ3) is 7.44. The molecule has 0 aliphatic heterocycles. The Morgan fingerprint density at radius 3 is 2.61 bits per heavy atom. The Hall–Kier alpha value is -2.64. The molecular formula is C21H30N6O4SSi. The Bertz CT molecular complexity index is 1220. The van der Waals surface area contributed by atoms with Crippen molar-refractivity contribution in [3.05, 3.63) is 59.5 Å². The maximum absolute atomic E-state index is 12.8. The number of pyridine rings is 1. The number of hydrogen-bond acceptors (Lipinski definition) is 7. The summed E-state index contributed by atoms with van der Waals surface area (Å²) in [6.45, 7) is 7.96. The Kier molecular flexibility index (Phi) is 7.97. The van der Waals surface area contributed by atoms with Crippen LogP contribution < -0.4 is 16.0 Å². The van der Waals surface area contributed by atoms with Gasteiger partial charge in [-0.25, -0.2) is 23.7 Å². The normalized spacial score (nSPS) is 12.2. The summed E-state index contributed by atoms with van der Waals surface area (Å²) in [5.74, 6) is -0.713. The third-order valence-corrected chi connectivity index (χ3v) is 7.35. The molecular weight excluding hydrogens is 460 g/mol. The predicted octanol–water partition coefficient (Wildman–Crippen LogP) is 1.97. The van der Waals surface area contributed by atoms with E-state index in [-0.39, 0.29) is 24.7 Å². The van der Waals surface area contributed by atoms with E-state index in [1.54, 1.807) is 47.4 Å². The summed E-state index contributed by atoms with van der Waals surface area (Å²) in [6.07, 6.45) is 3.24. The lowest BCUT2D eigenvalue weighted by Crippen LogP contribution is -2.37. The van der Waals surface area contributed by atoms with Gasteiger partial charge >= 0.3 is 0 Å². The summed E-state index contributed by atoms with van der Waals surface area (Å²) in [4.78, 5) is 16.9. The van der Waals surface area contributed by atoms with E-state index in [0.717, 1.165) is 11.6 Å². The molecule has 12 heteroatoms. The molecule has 178 valence electrons. The number of benzene rings is 1. The van der Waals surface area contributed by atoms with Gasteiger partial charge in [-0.1, -0.05) is 43.9 Å². The molecule has 0 saturated heterocycles. The van der Waals surface area contributed by atoms with Gasteiger partial charge in [-0.3, -0.25) is 15.2 Å². The fourth-order valence-electron chi connectivity index (χ4n) is 3.19. The Labute approximate surface area is 194 Å². The molecule has 0 aliphatic rings. The molecule has 0 aliphatic carbocycles. The first-order valence-electron chi connectivity index (χ1n) is 10.5. The van der Waals surface area contributed by atoms with Gasteiger partial charge in [0.05, 0.1) is 16.7 Å². The van der Waals surface area contributed by atoms with Crippen molar-refractivity contribution in [2.45, 2.75) is 44.7 Å². The Balaban J connectivity index is 1.66. The number of rotatable bonds is 11. The highest BCUT2D eigenvalue weighted by atomic mass is 32.2. The van der Waals surface area contributed by atoms with Crippen LogP contribution in [0.25, 0.3) is 10.9 Å². The molecule has 3 rings (SSSR count). The van der Waals surface area contributed by atoms with Gasteiger partial charge in [-0.15, -0.1) is 0 Å². The Morgan fingerprint density at radius 1 is 1.18 bits per heavy atom. The van der Waals surface area contributed by atoms with Crippen LogP contribution in [0.3, 0.4) is 0 Å². The number of nitrogens with zero attached hydrogens (tertiary/aromatic N) is 3. The monoisotopic (exact) mass is 490 g/mol. The van der Waals surface area contributed by atoms with Gasteiger partial charge in [0, 0.05) is 33.6 Å². The lowest BCUT2D eigenvalue weighted by atomic mass is 10.1. The molecule has 0 fully saturated rings. The SMILES string of the molecule is C[Si](C)(C)CCOCn1nc(C(=O)NNCc2ccccc2CS(N)(=O)=O)c2cnccc21. The molecule has 33 heavy (non-hydrogen) atoms. The zero-order valence-electron chi connectivity index (χ0n) is 19.0. The summed E-state index contributed by atoms with van der Waals surface area (Å²) in [5.41, 5.74) is 7.70. The molecule has 0 spiro atoms. The summed E-state index contributed by atoms with van der Waals surface area (Å²) in [6, 6.07) is 9.81. The van der Waals surface area contributed by atoms with Crippen molar-refractivity contribution < 1.29 is 17.9 Å². The molecule has 0 radical (unpaired) electrons. The molecule has 0 atom stereocenters. The van der Waals surface area contributed by atoms with Crippen LogP contribution in [0.4, 0.5) is 0 Å². The van der Waals surface area contributed by atoms with Gasteiger partial charge in [0.1, 0.15) is 6.73 Å². The maximum Gasteiger partial charge on any atom is 0.286 e. The van der Waals surface area contributed by atoms with Crippen molar-refractivity contribution in [1.82, 2.24) is 25.6 Å². The van der Waals surface area contributed by atoms with Gasteiger partial charge in [0.2, 0.25) is 10.0 Å². The van der Waals surface area contributed by atoms with E-state index in [2.05, 4.69) is 40.6 Å². The number of ether oxygens (including phenoxy) is 1. The van der Waals surface area contributed by atoms with Crippen LogP contribution in [-0.2, 0) is 33.8 Å². The fraction of sp³-hybridized carbons (Fsp3) is 0.381. The van der Waals surface area contributed by atoms with Crippen LogP contribution in [0.15, 0.2) is 42.7 Å². The van der Waals surface area contributed by atoms with Crippen molar-refractivity contribution in [1.29, 1.82) is 0 Å². The van der Waals surface area contributed by atoms with Crippen molar-refractivity contribution in [3.8, 4) is 0 Å². The van der Waals surface area contributed by atoms with Gasteiger partial charge < -0.3 is 4.74 Å². The zero-order chi connectivity index (χ0) is 24.1. The van der Waals surface area contributed by atoms with Crippen LogP contribution in [-0.4, -0.2) is 43.8 Å². The van der Waals surface area contributed by atoms with E-state index in [4.69, 9.17) is 9.88 Å². The molecule has 2 heterocycles. The minimum Gasteiger partial charge on any atom is -0.360 e. The number of carbonyl (C=O) groups excluding carboxylic acids is 1. The molecule has 2 aromatic heterocycles. The third-order valence-electron chi connectivity index (χ3n) is 4.93. The second-order valence-corrected chi connectivity index (χ2v) is 16.2. The number of carbonyl (C=O) groups is 1. The second kappa shape index (κ2) is 10.5. The van der Waals surface area contributed by atoms with Crippen molar-refractivity contribution in [2.75, 3.05) is 6.61 Å². The van der Waals surface area contributed by atoms with E-state index in [0.29, 0.717) is 23.1 Å². The maximum atomic E-state index is 12.8. The summed E-state index contributed by atoms with van der Waals surface area (Å²) in [7, 11) is -4.87. The molecule has 0 bridgehead atoms. The lowest BCUT2D eigenvalue weighted by Gasteiger charge is -2.15. The number of amides is 1. The van der Waals surface area contributed by atoms with Gasteiger partial charge in [0.15, 0.2) is 5.69 Å². The minimum atomic E-state index is -3.67. The van der Waals surface area contributed by atoms with Crippen LogP contribution >= 0.6 is 0 Å². The van der Waals surface area contributed by atoms with Crippen LogP contribution in [0.1, 0.15) is 21.6 Å². The summed E-state index contributed by atoms with van der Waals surface area (Å²) >= 11 is 0. The highest BCUT2D eigenvalue weighted by Gasteiger charge is 2.18. The number of hydrazine groups is 1. The molecule has 1 aromatic carbocycles. The van der Waals surface area contributed by atoms with Crippen LogP contribution in [0.5, 0.6) is 0 Å². The first kappa shape index (κ1) is 25.0. The van der Waals surface area contributed by atoms with Gasteiger partial charge in [-0.05, 0) is 23.2 Å². The standard InChI is InChI=1S/C21H30N6O4SSi/c1-33(2,3)11-10-31-15-27-19-8-9-23-13-18(19)20(26-27)21(28)25-24-12-16-6-4-5-7-17(16)14-32(22,29)30/h4-9,13,24H,10-12,14-15H2,1-3H3,(H,25,28)(H2,22,29,30). The van der Waals surface area contributed by atoms with E-state index in [9.17, 15) is 13.2 Å². The second-order valence-electron chi connectivity index (χ2n) is 8.97. The number of fused-ring (bicyclic) bond motifs is 1. The topological polar surface area (TPSA) is 141 Å². The number of primary sulfonamides is 1. The lowest BCUT2D eigenvalue weighted by molar-refractivity contribution is 0.0802. The van der Waals surface area contributed by atoms with Gasteiger partial charge in [-0.2, -0.15) is 5.10 Å². The van der Waals surface area contributed by atoms with Gasteiger partial charge in [0.25, 0.3) is 5.91 Å². The van der Waals surface area contributed by atoms with Crippen molar-refractivity contribution in [3.63, 3.8) is 0 Å². The van der Waals surface area contributed by atoms with E-state index in [1.165, 1.54) is 0 Å². The summed E-state index contributed by atoms with van der Waals surface area (Å²) in [5, 5.41) is 10.2. The smallest absolute Gasteiger partial charge is 0.286 e. The van der Waals surface area contributed by atoms with Crippen LogP contribution in [0, 0.1) is 0 Å². The molecule has 3 aromatic rings. The molecule has 10 nitrogen and oxygen atoms in total. The number of aromatic nitrogens is 3. The van der Waals surface area contributed by atoms with E-state index in [1.807, 2.05) is 0 Å². The fourth-order valence-corrected chi connectivity index (χ4v) is 4.66. The van der Waals surface area contributed by atoms with Crippen molar-refractivity contribution >= 4 is 34.9 Å². The highest BCUT2D eigenvalue weighted by molar-refractivity contribution is 7.88. The predicted molar refractivity (Wildman–Crippen MR) is 129 cm³/mol. The average Bonchev–Trinajstić information content (AvgIpc) is 3.09. The zero-order valence-corrected chi connectivity index (χ0v) is 20.9. The summed E-state index contributed by atoms with van der Waals surface area (Å²) < 4.78 is 30.4. The molecule has 0 saturated carbocycles. The molecule has 4 N–H and O–H groups in total. The minimum absolute atomic E-state index is 0.216. The number of sulfonamides is 1. The van der Waals surface area contributed by atoms with E-state index < -0.39 is 24.0 Å². The first-order valence-corrected chi connectivity index (χ1v) is 15.9. The quantitative estimate of drug-likeness (QED) is 0.212. The molecule has 0 unspecified atom stereocenters. The van der Waals surface area contributed by atoms with Crippen LogP contribution in [0.2, 0.25) is 25.7 Å². The first-order chi connectivity index (χ1) is 15.5. The largest absolute Gasteiger partial charge is 0.360 e. The van der Waals surface area contributed by atoms with Crippen molar-refractivity contribution in [2.24, 2.45) is 5.14 Å².